The van der Waals surface area contributed by atoms with Gasteiger partial charge in [-0.15, -0.1) is 0 Å². The van der Waals surface area contributed by atoms with Gasteiger partial charge >= 0.3 is 18.1 Å². The number of carboxylic acids is 2. The summed E-state index contributed by atoms with van der Waals surface area (Å²) in [5, 5.41) is 25.0. The van der Waals surface area contributed by atoms with E-state index in [0.29, 0.717) is 19.6 Å². The molecule has 5 rings (SSSR count). The number of alkyl halides is 3. The monoisotopic (exact) mass is 636 g/mol. The number of aliphatic carboxylic acids is 2. The van der Waals surface area contributed by atoms with Crippen molar-refractivity contribution in [2.45, 2.75) is 76.0 Å². The van der Waals surface area contributed by atoms with E-state index in [9.17, 15) is 33.0 Å². The standard InChI is InChI=1S/C37H43F3N2O4/c1-4-35(32(43)44)25(2)41-26(3)36(33(45)46,31(35)29-17-11-12-18-30(29)37(38,39)40)21-24-42-22-19-34(20-23-42,27-13-7-5-8-14-27)28-15-9-6-10-16-28/h5-18,25-26,31,41H,4,19-24H2,1-3H3,(H,43,44)(H,45,46). The molecule has 2 aliphatic heterocycles. The van der Waals surface area contributed by atoms with Crippen LogP contribution in [0.25, 0.3) is 0 Å². The number of nitrogens with zero attached hydrogens (tertiary/aromatic N) is 1. The van der Waals surface area contributed by atoms with E-state index >= 15 is 0 Å². The van der Waals surface area contributed by atoms with Crippen LogP contribution in [-0.2, 0) is 21.2 Å². The van der Waals surface area contributed by atoms with Crippen LogP contribution in [0.1, 0.15) is 74.6 Å². The van der Waals surface area contributed by atoms with Gasteiger partial charge in [0.2, 0.25) is 0 Å². The Morgan fingerprint density at radius 2 is 1.28 bits per heavy atom. The fourth-order valence-corrected chi connectivity index (χ4v) is 8.70. The molecule has 5 unspecified atom stereocenters. The molecule has 2 heterocycles. The first kappa shape index (κ1) is 33.7. The molecule has 0 aromatic heterocycles. The van der Waals surface area contributed by atoms with Gasteiger partial charge in [-0.2, -0.15) is 13.2 Å². The van der Waals surface area contributed by atoms with Gasteiger partial charge < -0.3 is 20.4 Å². The second-order valence-corrected chi connectivity index (χ2v) is 13.1. The molecule has 0 spiro atoms. The number of benzene rings is 3. The topological polar surface area (TPSA) is 89.9 Å². The van der Waals surface area contributed by atoms with Crippen molar-refractivity contribution in [1.82, 2.24) is 10.2 Å². The van der Waals surface area contributed by atoms with Crippen LogP contribution >= 0.6 is 0 Å². The molecule has 3 N–H and O–H groups in total. The number of rotatable bonds is 9. The molecule has 3 aromatic rings. The van der Waals surface area contributed by atoms with E-state index in [1.807, 2.05) is 36.4 Å². The lowest BCUT2D eigenvalue weighted by Crippen LogP contribution is -2.70. The minimum atomic E-state index is -4.79. The van der Waals surface area contributed by atoms with E-state index in [-0.39, 0.29) is 23.8 Å². The van der Waals surface area contributed by atoms with Gasteiger partial charge in [0, 0.05) is 23.4 Å². The van der Waals surface area contributed by atoms with Gasteiger partial charge in [-0.05, 0) is 81.9 Å². The highest BCUT2D eigenvalue weighted by molar-refractivity contribution is 5.84. The number of piperidine rings is 2. The number of hydrogen-bond acceptors (Lipinski definition) is 4. The number of halogens is 3. The van der Waals surface area contributed by atoms with E-state index < -0.39 is 52.5 Å². The second kappa shape index (κ2) is 12.8. The Kier molecular flexibility index (Phi) is 9.40. The van der Waals surface area contributed by atoms with Gasteiger partial charge in [0.05, 0.1) is 16.4 Å². The van der Waals surface area contributed by atoms with Crippen molar-refractivity contribution in [1.29, 1.82) is 0 Å². The molecule has 0 amide bonds. The van der Waals surface area contributed by atoms with E-state index in [0.717, 1.165) is 18.9 Å². The van der Waals surface area contributed by atoms with Gasteiger partial charge in [-0.25, -0.2) is 0 Å². The van der Waals surface area contributed by atoms with Crippen molar-refractivity contribution in [2.75, 3.05) is 19.6 Å². The molecular weight excluding hydrogens is 593 g/mol. The van der Waals surface area contributed by atoms with Crippen LogP contribution in [0, 0.1) is 10.8 Å². The minimum Gasteiger partial charge on any atom is -0.481 e. The lowest BCUT2D eigenvalue weighted by atomic mass is 9.49. The Balaban J connectivity index is 1.54. The van der Waals surface area contributed by atoms with Gasteiger partial charge in [-0.3, -0.25) is 9.59 Å². The Morgan fingerprint density at radius 1 is 0.804 bits per heavy atom. The number of carboxylic acid groups (broad SMARTS) is 2. The molecule has 246 valence electrons. The Morgan fingerprint density at radius 3 is 1.76 bits per heavy atom. The summed E-state index contributed by atoms with van der Waals surface area (Å²) < 4.78 is 43.6. The van der Waals surface area contributed by atoms with E-state index in [4.69, 9.17) is 0 Å². The van der Waals surface area contributed by atoms with E-state index in [1.54, 1.807) is 20.8 Å². The highest BCUT2D eigenvalue weighted by atomic mass is 19.4. The van der Waals surface area contributed by atoms with Crippen LogP contribution in [0.3, 0.4) is 0 Å². The number of carbonyl (C=O) groups is 2. The lowest BCUT2D eigenvalue weighted by molar-refractivity contribution is -0.175. The normalized spacial score (nSPS) is 28.4. The SMILES string of the molecule is CCC1(C(=O)O)C(C)NC(C)C(CCN2CCC(c3ccccc3)(c3ccccc3)CC2)(C(=O)O)C1c1ccccc1C(F)(F)F. The molecule has 2 saturated heterocycles. The van der Waals surface area contributed by atoms with Crippen molar-refractivity contribution in [3.63, 3.8) is 0 Å². The fraction of sp³-hybridized carbons (Fsp3) is 0.459. The van der Waals surface area contributed by atoms with Crippen molar-refractivity contribution >= 4 is 11.9 Å². The van der Waals surface area contributed by atoms with Crippen LogP contribution in [0.5, 0.6) is 0 Å². The first-order valence-electron chi connectivity index (χ1n) is 16.1. The van der Waals surface area contributed by atoms with E-state index in [1.165, 1.54) is 29.3 Å². The van der Waals surface area contributed by atoms with Gasteiger partial charge in [0.1, 0.15) is 0 Å². The average Bonchev–Trinajstić information content (AvgIpc) is 3.04. The number of nitrogens with one attached hydrogen (secondary N) is 1. The summed E-state index contributed by atoms with van der Waals surface area (Å²) in [6.07, 6.45) is -3.30. The van der Waals surface area contributed by atoms with Crippen LogP contribution in [-0.4, -0.2) is 58.8 Å². The van der Waals surface area contributed by atoms with Crippen LogP contribution in [0.4, 0.5) is 13.2 Å². The lowest BCUT2D eigenvalue weighted by Gasteiger charge is -2.58. The van der Waals surface area contributed by atoms with Gasteiger partial charge in [0.25, 0.3) is 0 Å². The average molecular weight is 637 g/mol. The third-order valence-electron chi connectivity index (χ3n) is 11.2. The first-order chi connectivity index (χ1) is 21.8. The predicted octanol–water partition coefficient (Wildman–Crippen LogP) is 7.19. The van der Waals surface area contributed by atoms with Crippen LogP contribution in [0.2, 0.25) is 0 Å². The Labute approximate surface area is 268 Å². The molecule has 0 radical (unpaired) electrons. The highest BCUT2D eigenvalue weighted by Crippen LogP contribution is 2.60. The zero-order valence-electron chi connectivity index (χ0n) is 26.6. The fourth-order valence-electron chi connectivity index (χ4n) is 8.70. The summed E-state index contributed by atoms with van der Waals surface area (Å²) in [6.45, 7) is 6.53. The Bertz CT molecular complexity index is 1480. The van der Waals surface area contributed by atoms with Crippen molar-refractivity contribution < 1.29 is 33.0 Å². The molecular formula is C37H43F3N2O4. The van der Waals surface area contributed by atoms with Crippen molar-refractivity contribution in [2.24, 2.45) is 10.8 Å². The summed E-state index contributed by atoms with van der Waals surface area (Å²) >= 11 is 0. The molecule has 2 aliphatic rings. The zero-order valence-corrected chi connectivity index (χ0v) is 26.6. The zero-order chi connectivity index (χ0) is 33.3. The molecule has 6 nitrogen and oxygen atoms in total. The quantitative estimate of drug-likeness (QED) is 0.230. The second-order valence-electron chi connectivity index (χ2n) is 13.1. The molecule has 5 atom stereocenters. The third-order valence-corrected chi connectivity index (χ3v) is 11.2. The first-order valence-corrected chi connectivity index (χ1v) is 16.1. The van der Waals surface area contributed by atoms with Crippen molar-refractivity contribution in [3.05, 3.63) is 107 Å². The largest absolute Gasteiger partial charge is 0.481 e. The summed E-state index contributed by atoms with van der Waals surface area (Å²) in [5.74, 6) is -4.04. The van der Waals surface area contributed by atoms with E-state index in [2.05, 4.69) is 34.5 Å². The summed E-state index contributed by atoms with van der Waals surface area (Å²) in [4.78, 5) is 29.0. The summed E-state index contributed by atoms with van der Waals surface area (Å²) in [5.41, 5.74) is -2.71. The predicted molar refractivity (Wildman–Crippen MR) is 171 cm³/mol. The molecule has 9 heteroatoms. The van der Waals surface area contributed by atoms with Gasteiger partial charge in [-0.1, -0.05) is 85.8 Å². The third kappa shape index (κ3) is 5.51. The van der Waals surface area contributed by atoms with Crippen LogP contribution in [0.15, 0.2) is 84.9 Å². The molecule has 3 aromatic carbocycles. The smallest absolute Gasteiger partial charge is 0.416 e. The molecule has 0 bridgehead atoms. The maximum absolute atomic E-state index is 14.5. The Hall–Kier alpha value is -3.69. The summed E-state index contributed by atoms with van der Waals surface area (Å²) in [7, 11) is 0. The number of hydrogen-bond donors (Lipinski definition) is 3. The molecule has 0 saturated carbocycles. The maximum atomic E-state index is 14.5. The molecule has 0 aliphatic carbocycles. The number of likely N-dealkylation sites (tertiary alicyclic amines) is 1. The molecule has 2 fully saturated rings. The minimum absolute atomic E-state index is 0.0151. The molecule has 46 heavy (non-hydrogen) atoms. The maximum Gasteiger partial charge on any atom is 0.416 e. The summed E-state index contributed by atoms with van der Waals surface area (Å²) in [6, 6.07) is 24.0. The van der Waals surface area contributed by atoms with Crippen molar-refractivity contribution in [3.8, 4) is 0 Å². The van der Waals surface area contributed by atoms with Gasteiger partial charge in [0.15, 0.2) is 0 Å². The highest BCUT2D eigenvalue weighted by Gasteiger charge is 2.67. The van der Waals surface area contributed by atoms with Crippen LogP contribution < -0.4 is 5.32 Å².